The lowest BCUT2D eigenvalue weighted by Gasteiger charge is -2.31. The van der Waals surface area contributed by atoms with Crippen molar-refractivity contribution in [2.24, 2.45) is 11.8 Å². The third kappa shape index (κ3) is 5.22. The number of anilines is 1. The number of rotatable bonds is 6. The summed E-state index contributed by atoms with van der Waals surface area (Å²) in [6.45, 7) is 3.73. The van der Waals surface area contributed by atoms with Crippen LogP contribution in [0.25, 0.3) is 0 Å². The van der Waals surface area contributed by atoms with E-state index in [0.29, 0.717) is 26.1 Å². The minimum Gasteiger partial charge on any atom is -0.378 e. The molecule has 27 heavy (non-hydrogen) atoms. The number of nitrogens with zero attached hydrogens (tertiary/aromatic N) is 2. The molecule has 2 aliphatic rings. The van der Waals surface area contributed by atoms with E-state index in [4.69, 9.17) is 0 Å². The fraction of sp³-hybridized carbons (Fsp3) is 0.619. The van der Waals surface area contributed by atoms with Gasteiger partial charge in [0.05, 0.1) is 11.8 Å². The molecule has 2 fully saturated rings. The Bertz CT molecular complexity index is 638. The van der Waals surface area contributed by atoms with Crippen LogP contribution in [0.4, 0.5) is 5.69 Å². The van der Waals surface area contributed by atoms with Gasteiger partial charge in [-0.15, -0.1) is 0 Å². The van der Waals surface area contributed by atoms with Crippen molar-refractivity contribution in [3.8, 4) is 0 Å². The van der Waals surface area contributed by atoms with Gasteiger partial charge < -0.3 is 20.4 Å². The molecule has 2 atom stereocenters. The first kappa shape index (κ1) is 19.7. The summed E-state index contributed by atoms with van der Waals surface area (Å²) >= 11 is 0. The molecule has 2 N–H and O–H groups in total. The number of nitrogens with one attached hydrogen (secondary N) is 2. The van der Waals surface area contributed by atoms with Crippen molar-refractivity contribution in [2.45, 2.75) is 25.7 Å². The molecule has 3 rings (SSSR count). The summed E-state index contributed by atoms with van der Waals surface area (Å²) in [7, 11) is 4.05. The fourth-order valence-corrected chi connectivity index (χ4v) is 3.96. The van der Waals surface area contributed by atoms with E-state index in [1.807, 2.05) is 19.0 Å². The van der Waals surface area contributed by atoms with Gasteiger partial charge in [-0.1, -0.05) is 12.1 Å². The van der Waals surface area contributed by atoms with Crippen LogP contribution in [0, 0.1) is 11.8 Å². The van der Waals surface area contributed by atoms with Gasteiger partial charge in [0.25, 0.3) is 0 Å². The van der Waals surface area contributed by atoms with Gasteiger partial charge in [-0.2, -0.15) is 0 Å². The highest BCUT2D eigenvalue weighted by atomic mass is 16.2. The van der Waals surface area contributed by atoms with Gasteiger partial charge in [0.2, 0.25) is 11.8 Å². The van der Waals surface area contributed by atoms with Gasteiger partial charge in [0.15, 0.2) is 0 Å². The zero-order chi connectivity index (χ0) is 19.2. The monoisotopic (exact) mass is 372 g/mol. The Labute approximate surface area is 162 Å². The second kappa shape index (κ2) is 9.22. The van der Waals surface area contributed by atoms with E-state index in [1.165, 1.54) is 11.3 Å². The Hall–Kier alpha value is -2.08. The summed E-state index contributed by atoms with van der Waals surface area (Å²) in [5, 5.41) is 6.34. The molecular weight excluding hydrogens is 340 g/mol. The average Bonchev–Trinajstić information content (AvgIpc) is 3.22. The van der Waals surface area contributed by atoms with Crippen LogP contribution in [-0.2, 0) is 16.0 Å². The molecule has 148 valence electrons. The number of carbonyl (C=O) groups is 2. The van der Waals surface area contributed by atoms with Crippen LogP contribution < -0.4 is 15.5 Å². The van der Waals surface area contributed by atoms with Gasteiger partial charge in [-0.05, 0) is 43.4 Å². The van der Waals surface area contributed by atoms with Crippen molar-refractivity contribution in [1.29, 1.82) is 0 Å². The third-order valence-corrected chi connectivity index (χ3v) is 5.65. The third-order valence-electron chi connectivity index (χ3n) is 5.65. The van der Waals surface area contributed by atoms with Gasteiger partial charge in [-0.25, -0.2) is 0 Å². The zero-order valence-electron chi connectivity index (χ0n) is 16.5. The van der Waals surface area contributed by atoms with Crippen molar-refractivity contribution >= 4 is 17.5 Å². The van der Waals surface area contributed by atoms with Crippen LogP contribution in [0.1, 0.15) is 24.8 Å². The fourth-order valence-electron chi connectivity index (χ4n) is 3.96. The molecule has 6 nitrogen and oxygen atoms in total. The quantitative estimate of drug-likeness (QED) is 0.789. The molecular formula is C21H32N4O2. The van der Waals surface area contributed by atoms with E-state index in [-0.39, 0.29) is 23.7 Å². The highest BCUT2D eigenvalue weighted by Crippen LogP contribution is 2.21. The normalized spacial score (nSPS) is 22.5. The second-order valence-electron chi connectivity index (χ2n) is 7.92. The highest BCUT2D eigenvalue weighted by molar-refractivity contribution is 5.83. The molecule has 0 bridgehead atoms. The van der Waals surface area contributed by atoms with Crippen molar-refractivity contribution in [3.05, 3.63) is 29.8 Å². The van der Waals surface area contributed by atoms with Crippen molar-refractivity contribution in [2.75, 3.05) is 51.7 Å². The molecule has 2 amide bonds. The molecule has 0 aliphatic carbocycles. The van der Waals surface area contributed by atoms with Gasteiger partial charge in [0, 0.05) is 52.5 Å². The highest BCUT2D eigenvalue weighted by Gasteiger charge is 2.33. The number of likely N-dealkylation sites (tertiary alicyclic amines) is 1. The van der Waals surface area contributed by atoms with E-state index in [2.05, 4.69) is 39.8 Å². The Morgan fingerprint density at radius 1 is 1.11 bits per heavy atom. The first-order valence-corrected chi connectivity index (χ1v) is 10.1. The van der Waals surface area contributed by atoms with Crippen LogP contribution in [0.15, 0.2) is 24.3 Å². The van der Waals surface area contributed by atoms with Crippen LogP contribution in [0.5, 0.6) is 0 Å². The lowest BCUT2D eigenvalue weighted by molar-refractivity contribution is -0.136. The smallest absolute Gasteiger partial charge is 0.226 e. The first-order chi connectivity index (χ1) is 13.0. The maximum Gasteiger partial charge on any atom is 0.226 e. The first-order valence-electron chi connectivity index (χ1n) is 10.1. The molecule has 2 saturated heterocycles. The Kier molecular flexibility index (Phi) is 6.72. The lowest BCUT2D eigenvalue weighted by atomic mass is 9.89. The van der Waals surface area contributed by atoms with E-state index >= 15 is 0 Å². The van der Waals surface area contributed by atoms with E-state index in [0.717, 1.165) is 32.4 Å². The molecule has 1 aromatic carbocycles. The maximum atomic E-state index is 12.6. The molecule has 2 aliphatic heterocycles. The van der Waals surface area contributed by atoms with Gasteiger partial charge in [0.1, 0.15) is 0 Å². The predicted octanol–water partition coefficient (Wildman–Crippen LogP) is 1.26. The average molecular weight is 373 g/mol. The van der Waals surface area contributed by atoms with Crippen molar-refractivity contribution in [1.82, 2.24) is 15.5 Å². The molecule has 2 heterocycles. The van der Waals surface area contributed by atoms with Gasteiger partial charge >= 0.3 is 0 Å². The number of benzene rings is 1. The van der Waals surface area contributed by atoms with Crippen molar-refractivity contribution < 1.29 is 9.59 Å². The van der Waals surface area contributed by atoms with E-state index < -0.39 is 0 Å². The molecule has 0 saturated carbocycles. The van der Waals surface area contributed by atoms with Crippen LogP contribution in [0.3, 0.4) is 0 Å². The van der Waals surface area contributed by atoms with Crippen LogP contribution >= 0.6 is 0 Å². The predicted molar refractivity (Wildman–Crippen MR) is 108 cm³/mol. The summed E-state index contributed by atoms with van der Waals surface area (Å²) in [5.41, 5.74) is 2.38. The summed E-state index contributed by atoms with van der Waals surface area (Å²) in [5.74, 6) is 0.0995. The summed E-state index contributed by atoms with van der Waals surface area (Å²) < 4.78 is 0. The molecule has 0 radical (unpaired) electrons. The summed E-state index contributed by atoms with van der Waals surface area (Å²) in [6, 6.07) is 8.40. The maximum absolute atomic E-state index is 12.6. The SMILES string of the molecule is CN(C)c1ccc(CCNC(=O)C2CNCC(C(=O)N3CCCC3)C2)cc1. The molecule has 0 aromatic heterocycles. The minimum atomic E-state index is -0.119. The van der Waals surface area contributed by atoms with E-state index in [9.17, 15) is 9.59 Å². The largest absolute Gasteiger partial charge is 0.378 e. The molecule has 2 unspecified atom stereocenters. The minimum absolute atomic E-state index is 0.0614. The second-order valence-corrected chi connectivity index (χ2v) is 7.92. The summed E-state index contributed by atoms with van der Waals surface area (Å²) in [6.07, 6.45) is 3.68. The number of carbonyl (C=O) groups excluding carboxylic acids is 2. The summed E-state index contributed by atoms with van der Waals surface area (Å²) in [4.78, 5) is 29.2. The Morgan fingerprint density at radius 3 is 2.44 bits per heavy atom. The number of piperidine rings is 1. The van der Waals surface area contributed by atoms with Crippen molar-refractivity contribution in [3.63, 3.8) is 0 Å². The zero-order valence-corrected chi connectivity index (χ0v) is 16.5. The Morgan fingerprint density at radius 2 is 1.78 bits per heavy atom. The van der Waals surface area contributed by atoms with Gasteiger partial charge in [-0.3, -0.25) is 9.59 Å². The molecule has 1 aromatic rings. The number of amides is 2. The standard InChI is InChI=1S/C21H32N4O2/c1-24(2)19-7-5-16(6-8-19)9-10-23-20(26)17-13-18(15-22-14-17)21(27)25-11-3-4-12-25/h5-8,17-18,22H,3-4,9-15H2,1-2H3,(H,23,26). The van der Waals surface area contributed by atoms with E-state index in [1.54, 1.807) is 0 Å². The Balaban J connectivity index is 1.44. The van der Waals surface area contributed by atoms with Crippen LogP contribution in [0.2, 0.25) is 0 Å². The van der Waals surface area contributed by atoms with Crippen LogP contribution in [-0.4, -0.2) is 63.5 Å². The lowest BCUT2D eigenvalue weighted by Crippen LogP contribution is -2.49. The number of hydrogen-bond donors (Lipinski definition) is 2. The molecule has 0 spiro atoms. The molecule has 6 heteroatoms. The topological polar surface area (TPSA) is 64.7 Å². The number of hydrogen-bond acceptors (Lipinski definition) is 4.